The van der Waals surface area contributed by atoms with Gasteiger partial charge >= 0.3 is 5.97 Å². The van der Waals surface area contributed by atoms with Crippen molar-refractivity contribution in [2.45, 2.75) is 13.8 Å². The predicted molar refractivity (Wildman–Crippen MR) is 89.2 cm³/mol. The van der Waals surface area contributed by atoms with Gasteiger partial charge in [-0.3, -0.25) is 0 Å². The molecular formula is C19H15N3O2. The zero-order valence-electron chi connectivity index (χ0n) is 13.4. The summed E-state index contributed by atoms with van der Waals surface area (Å²) in [6.45, 7) is 3.91. The molecule has 0 saturated carbocycles. The van der Waals surface area contributed by atoms with Gasteiger partial charge in [-0.25, -0.2) is 9.48 Å². The highest BCUT2D eigenvalue weighted by atomic mass is 16.5. The number of benzene rings is 2. The Morgan fingerprint density at radius 2 is 1.83 bits per heavy atom. The lowest BCUT2D eigenvalue weighted by atomic mass is 10.2. The zero-order chi connectivity index (χ0) is 17.1. The number of hydrogen-bond acceptors (Lipinski definition) is 4. The molecule has 3 aromatic rings. The van der Waals surface area contributed by atoms with Crippen molar-refractivity contribution in [1.82, 2.24) is 9.78 Å². The first-order valence-corrected chi connectivity index (χ1v) is 7.43. The first-order chi connectivity index (χ1) is 11.6. The van der Waals surface area contributed by atoms with E-state index in [-0.39, 0.29) is 5.75 Å². The number of aromatic nitrogens is 2. The van der Waals surface area contributed by atoms with Crippen molar-refractivity contribution >= 4 is 5.97 Å². The molecule has 0 aliphatic rings. The topological polar surface area (TPSA) is 67.9 Å². The Labute approximate surface area is 139 Å². The van der Waals surface area contributed by atoms with Crippen LogP contribution in [0.5, 0.6) is 5.75 Å². The average Bonchev–Trinajstić information content (AvgIpc) is 2.94. The second-order valence-corrected chi connectivity index (χ2v) is 5.38. The Morgan fingerprint density at radius 1 is 1.12 bits per heavy atom. The number of aryl methyl sites for hydroxylation is 2. The van der Waals surface area contributed by atoms with Gasteiger partial charge in [0.2, 0.25) is 0 Å². The van der Waals surface area contributed by atoms with Gasteiger partial charge in [0.1, 0.15) is 11.8 Å². The minimum atomic E-state index is -0.502. The highest BCUT2D eigenvalue weighted by molar-refractivity contribution is 5.91. The third kappa shape index (κ3) is 3.03. The molecule has 0 amide bonds. The Hall–Kier alpha value is -3.39. The van der Waals surface area contributed by atoms with E-state index in [1.54, 1.807) is 36.4 Å². The maximum atomic E-state index is 12.2. The van der Waals surface area contributed by atoms with E-state index in [1.165, 1.54) is 0 Å². The van der Waals surface area contributed by atoms with Crippen molar-refractivity contribution in [1.29, 1.82) is 5.26 Å². The summed E-state index contributed by atoms with van der Waals surface area (Å²) in [6, 6.07) is 17.6. The van der Waals surface area contributed by atoms with Crippen LogP contribution in [0.3, 0.4) is 0 Å². The van der Waals surface area contributed by atoms with Crippen LogP contribution >= 0.6 is 0 Å². The third-order valence-electron chi connectivity index (χ3n) is 3.57. The summed E-state index contributed by atoms with van der Waals surface area (Å²) in [5, 5.41) is 13.5. The van der Waals surface area contributed by atoms with Crippen LogP contribution in [0.2, 0.25) is 0 Å². The molecule has 0 spiro atoms. The summed E-state index contributed by atoms with van der Waals surface area (Å²) in [7, 11) is 0. The Morgan fingerprint density at radius 3 is 2.46 bits per heavy atom. The molecule has 0 radical (unpaired) electrons. The summed E-state index contributed by atoms with van der Waals surface area (Å²) in [6.07, 6.45) is 0. The van der Waals surface area contributed by atoms with Gasteiger partial charge in [0.05, 0.1) is 22.5 Å². The van der Waals surface area contributed by atoms with E-state index in [1.807, 2.05) is 42.8 Å². The van der Waals surface area contributed by atoms with Gasteiger partial charge < -0.3 is 4.74 Å². The molecule has 5 heteroatoms. The summed E-state index contributed by atoms with van der Waals surface area (Å²) in [4.78, 5) is 12.2. The van der Waals surface area contributed by atoms with Crippen LogP contribution in [0.1, 0.15) is 27.3 Å². The summed E-state index contributed by atoms with van der Waals surface area (Å²) in [5.74, 6) is -0.245. The molecule has 0 bridgehead atoms. The van der Waals surface area contributed by atoms with E-state index in [0.29, 0.717) is 11.1 Å². The van der Waals surface area contributed by atoms with Crippen molar-refractivity contribution in [3.63, 3.8) is 0 Å². The molecule has 3 rings (SSSR count). The Kier molecular flexibility index (Phi) is 4.13. The van der Waals surface area contributed by atoms with Gasteiger partial charge in [-0.05, 0) is 56.3 Å². The van der Waals surface area contributed by atoms with Gasteiger partial charge in [-0.2, -0.15) is 10.4 Å². The van der Waals surface area contributed by atoms with E-state index >= 15 is 0 Å². The lowest BCUT2D eigenvalue weighted by Gasteiger charge is -2.07. The van der Waals surface area contributed by atoms with Gasteiger partial charge in [-0.1, -0.05) is 12.1 Å². The zero-order valence-corrected chi connectivity index (χ0v) is 13.4. The first-order valence-electron chi connectivity index (χ1n) is 7.43. The average molecular weight is 317 g/mol. The second kappa shape index (κ2) is 6.39. The fraction of sp³-hybridized carbons (Fsp3) is 0.105. The van der Waals surface area contributed by atoms with Crippen molar-refractivity contribution in [3.8, 4) is 17.5 Å². The van der Waals surface area contributed by atoms with Crippen LogP contribution < -0.4 is 4.74 Å². The minimum Gasteiger partial charge on any atom is -0.422 e. The maximum Gasteiger partial charge on any atom is 0.343 e. The standard InChI is InChI=1S/C19H15N3O2/c1-13-11-14(2)22(21-13)17-9-7-15(8-10-17)19(23)24-18-6-4-3-5-16(18)12-20/h3-11H,1-2H3. The lowest BCUT2D eigenvalue weighted by molar-refractivity contribution is 0.0734. The largest absolute Gasteiger partial charge is 0.422 e. The quantitative estimate of drug-likeness (QED) is 0.547. The van der Waals surface area contributed by atoms with Crippen LogP contribution in [0.15, 0.2) is 54.6 Å². The molecular weight excluding hydrogens is 302 g/mol. The fourth-order valence-corrected chi connectivity index (χ4v) is 2.44. The molecule has 24 heavy (non-hydrogen) atoms. The first kappa shape index (κ1) is 15.5. The molecule has 5 nitrogen and oxygen atoms in total. The number of carbonyl (C=O) groups excluding carboxylic acids is 1. The number of esters is 1. The van der Waals surface area contributed by atoms with E-state index in [4.69, 9.17) is 10.00 Å². The molecule has 0 saturated heterocycles. The van der Waals surface area contributed by atoms with Crippen molar-refractivity contribution in [2.75, 3.05) is 0 Å². The molecule has 2 aromatic carbocycles. The third-order valence-corrected chi connectivity index (χ3v) is 3.57. The summed E-state index contributed by atoms with van der Waals surface area (Å²) in [5.41, 5.74) is 3.56. The molecule has 0 unspecified atom stereocenters. The smallest absolute Gasteiger partial charge is 0.343 e. The van der Waals surface area contributed by atoms with Crippen LogP contribution in [-0.2, 0) is 0 Å². The minimum absolute atomic E-state index is 0.257. The number of nitrogens with zero attached hydrogens (tertiary/aromatic N) is 3. The fourth-order valence-electron chi connectivity index (χ4n) is 2.44. The second-order valence-electron chi connectivity index (χ2n) is 5.38. The monoisotopic (exact) mass is 317 g/mol. The van der Waals surface area contributed by atoms with E-state index < -0.39 is 5.97 Å². The lowest BCUT2D eigenvalue weighted by Crippen LogP contribution is -2.09. The van der Waals surface area contributed by atoms with E-state index in [9.17, 15) is 4.79 Å². The van der Waals surface area contributed by atoms with Crippen molar-refractivity contribution in [2.24, 2.45) is 0 Å². The molecule has 118 valence electrons. The van der Waals surface area contributed by atoms with Crippen LogP contribution in [0, 0.1) is 25.2 Å². The maximum absolute atomic E-state index is 12.2. The Bertz CT molecular complexity index is 934. The molecule has 0 fully saturated rings. The van der Waals surface area contributed by atoms with Crippen LogP contribution in [-0.4, -0.2) is 15.7 Å². The molecule has 0 N–H and O–H groups in total. The van der Waals surface area contributed by atoms with Crippen molar-refractivity contribution in [3.05, 3.63) is 77.1 Å². The molecule has 0 aliphatic carbocycles. The van der Waals surface area contributed by atoms with Crippen LogP contribution in [0.25, 0.3) is 5.69 Å². The number of para-hydroxylation sites is 1. The van der Waals surface area contributed by atoms with Crippen molar-refractivity contribution < 1.29 is 9.53 Å². The molecule has 1 heterocycles. The van der Waals surface area contributed by atoms with E-state index in [0.717, 1.165) is 17.1 Å². The number of nitriles is 1. The summed E-state index contributed by atoms with van der Waals surface area (Å²) < 4.78 is 7.13. The highest BCUT2D eigenvalue weighted by Crippen LogP contribution is 2.19. The number of carbonyl (C=O) groups is 1. The number of hydrogen-bond donors (Lipinski definition) is 0. The van der Waals surface area contributed by atoms with Gasteiger partial charge in [0, 0.05) is 5.69 Å². The van der Waals surface area contributed by atoms with E-state index in [2.05, 4.69) is 5.10 Å². The highest BCUT2D eigenvalue weighted by Gasteiger charge is 2.12. The van der Waals surface area contributed by atoms with Gasteiger partial charge in [-0.15, -0.1) is 0 Å². The predicted octanol–water partition coefficient (Wildman–Crippen LogP) is 3.58. The SMILES string of the molecule is Cc1cc(C)n(-c2ccc(C(=O)Oc3ccccc3C#N)cc2)n1. The number of ether oxygens (including phenoxy) is 1. The normalized spacial score (nSPS) is 10.2. The molecule has 0 aliphatic heterocycles. The Balaban J connectivity index is 1.82. The number of rotatable bonds is 3. The molecule has 0 atom stereocenters. The van der Waals surface area contributed by atoms with Crippen LogP contribution in [0.4, 0.5) is 0 Å². The summed E-state index contributed by atoms with van der Waals surface area (Å²) >= 11 is 0. The van der Waals surface area contributed by atoms with Gasteiger partial charge in [0.15, 0.2) is 0 Å². The molecule has 1 aromatic heterocycles. The van der Waals surface area contributed by atoms with Gasteiger partial charge in [0.25, 0.3) is 0 Å².